The van der Waals surface area contributed by atoms with E-state index in [0.717, 1.165) is 6.42 Å². The molecule has 0 bridgehead atoms. The van der Waals surface area contributed by atoms with Crippen molar-refractivity contribution in [2.45, 2.75) is 25.8 Å². The fourth-order valence-electron chi connectivity index (χ4n) is 0.702. The molecule has 0 aliphatic rings. The Morgan fingerprint density at radius 3 is 2.73 bits per heavy atom. The van der Waals surface area contributed by atoms with Gasteiger partial charge in [0.05, 0.1) is 13.5 Å². The van der Waals surface area contributed by atoms with Gasteiger partial charge in [-0.2, -0.15) is 0 Å². The van der Waals surface area contributed by atoms with E-state index in [4.69, 9.17) is 0 Å². The first-order chi connectivity index (χ1) is 5.24. The van der Waals surface area contributed by atoms with Crippen LogP contribution in [0.5, 0.6) is 0 Å². The minimum absolute atomic E-state index is 0.0973. The average molecular weight is 159 g/mol. The Labute approximate surface area is 65.9 Å². The van der Waals surface area contributed by atoms with Crippen molar-refractivity contribution in [2.75, 3.05) is 7.11 Å². The third-order valence-electron chi connectivity index (χ3n) is 1.44. The van der Waals surface area contributed by atoms with Crippen molar-refractivity contribution in [3.8, 4) is 0 Å². The topological polar surface area (TPSA) is 55.4 Å². The Bertz CT molecular complexity index is 136. The van der Waals surface area contributed by atoms with Gasteiger partial charge in [0.15, 0.2) is 0 Å². The second-order valence-corrected chi connectivity index (χ2v) is 2.17. The summed E-state index contributed by atoms with van der Waals surface area (Å²) in [4.78, 5) is 20.7. The van der Waals surface area contributed by atoms with Gasteiger partial charge in [0.1, 0.15) is 0 Å². The van der Waals surface area contributed by atoms with E-state index in [0.29, 0.717) is 6.41 Å². The van der Waals surface area contributed by atoms with Crippen LogP contribution in [0.15, 0.2) is 0 Å². The lowest BCUT2D eigenvalue weighted by atomic mass is 10.1. The SMILES string of the molecule is CCC(CC(=O)OC)NC=O. The summed E-state index contributed by atoms with van der Waals surface area (Å²) in [5.74, 6) is -0.300. The van der Waals surface area contributed by atoms with Crippen molar-refractivity contribution >= 4 is 12.4 Å². The lowest BCUT2D eigenvalue weighted by Crippen LogP contribution is -2.29. The van der Waals surface area contributed by atoms with E-state index in [-0.39, 0.29) is 18.4 Å². The van der Waals surface area contributed by atoms with E-state index in [2.05, 4.69) is 10.1 Å². The largest absolute Gasteiger partial charge is 0.469 e. The first kappa shape index (κ1) is 9.94. The Morgan fingerprint density at radius 1 is 1.73 bits per heavy atom. The molecule has 0 aliphatic heterocycles. The summed E-state index contributed by atoms with van der Waals surface area (Å²) in [7, 11) is 1.33. The molecule has 0 aromatic heterocycles. The van der Waals surface area contributed by atoms with Gasteiger partial charge < -0.3 is 10.1 Å². The number of methoxy groups -OCH3 is 1. The number of rotatable bonds is 5. The molecule has 0 aromatic rings. The van der Waals surface area contributed by atoms with Gasteiger partial charge in [0.2, 0.25) is 6.41 Å². The highest BCUT2D eigenvalue weighted by atomic mass is 16.5. The van der Waals surface area contributed by atoms with Gasteiger partial charge in [-0.1, -0.05) is 6.92 Å². The fourth-order valence-corrected chi connectivity index (χ4v) is 0.702. The standard InChI is InChI=1S/C7H13NO3/c1-3-6(8-5-9)4-7(10)11-2/h5-6H,3-4H2,1-2H3,(H,8,9). The summed E-state index contributed by atoms with van der Waals surface area (Å²) in [5, 5.41) is 2.52. The Kier molecular flexibility index (Phi) is 5.15. The molecule has 1 unspecified atom stereocenters. The van der Waals surface area contributed by atoms with Crippen LogP contribution in [0.3, 0.4) is 0 Å². The van der Waals surface area contributed by atoms with Crippen molar-refractivity contribution < 1.29 is 14.3 Å². The highest BCUT2D eigenvalue weighted by molar-refractivity contribution is 5.70. The number of amides is 1. The number of carbonyl (C=O) groups excluding carboxylic acids is 2. The van der Waals surface area contributed by atoms with E-state index in [1.54, 1.807) is 0 Å². The predicted octanol–water partition coefficient (Wildman–Crippen LogP) is 0.0741. The minimum atomic E-state index is -0.300. The van der Waals surface area contributed by atoms with E-state index >= 15 is 0 Å². The van der Waals surface area contributed by atoms with Gasteiger partial charge in [0, 0.05) is 6.04 Å². The van der Waals surface area contributed by atoms with Crippen LogP contribution in [0.25, 0.3) is 0 Å². The monoisotopic (exact) mass is 159 g/mol. The molecule has 0 fully saturated rings. The molecule has 1 N–H and O–H groups in total. The van der Waals surface area contributed by atoms with Crippen LogP contribution >= 0.6 is 0 Å². The second-order valence-electron chi connectivity index (χ2n) is 2.17. The van der Waals surface area contributed by atoms with Gasteiger partial charge in [-0.3, -0.25) is 9.59 Å². The number of nitrogens with one attached hydrogen (secondary N) is 1. The Hall–Kier alpha value is -1.06. The van der Waals surface area contributed by atoms with Crippen molar-refractivity contribution in [2.24, 2.45) is 0 Å². The van der Waals surface area contributed by atoms with E-state index in [1.165, 1.54) is 7.11 Å². The van der Waals surface area contributed by atoms with Crippen LogP contribution in [0.2, 0.25) is 0 Å². The second kappa shape index (κ2) is 5.70. The number of ether oxygens (including phenoxy) is 1. The maximum absolute atomic E-state index is 10.7. The highest BCUT2D eigenvalue weighted by Crippen LogP contribution is 1.97. The molecule has 0 rings (SSSR count). The molecule has 4 nitrogen and oxygen atoms in total. The molecule has 0 aliphatic carbocycles. The van der Waals surface area contributed by atoms with Crippen molar-refractivity contribution in [3.05, 3.63) is 0 Å². The van der Waals surface area contributed by atoms with Gasteiger partial charge in [-0.25, -0.2) is 0 Å². The number of carbonyl (C=O) groups is 2. The van der Waals surface area contributed by atoms with Crippen LogP contribution < -0.4 is 5.32 Å². The molecule has 11 heavy (non-hydrogen) atoms. The summed E-state index contributed by atoms with van der Waals surface area (Å²) >= 11 is 0. The van der Waals surface area contributed by atoms with Crippen LogP contribution in [-0.2, 0) is 14.3 Å². The minimum Gasteiger partial charge on any atom is -0.469 e. The molecule has 1 atom stereocenters. The third kappa shape index (κ3) is 4.36. The van der Waals surface area contributed by atoms with Gasteiger partial charge in [-0.15, -0.1) is 0 Å². The maximum atomic E-state index is 10.7. The zero-order valence-corrected chi connectivity index (χ0v) is 6.79. The zero-order chi connectivity index (χ0) is 8.69. The maximum Gasteiger partial charge on any atom is 0.307 e. The van der Waals surface area contributed by atoms with Crippen LogP contribution in [0.4, 0.5) is 0 Å². The van der Waals surface area contributed by atoms with Crippen molar-refractivity contribution in [1.29, 1.82) is 0 Å². The van der Waals surface area contributed by atoms with Crippen LogP contribution in [-0.4, -0.2) is 25.5 Å². The summed E-state index contributed by atoms with van der Waals surface area (Å²) in [6.07, 6.45) is 1.57. The number of esters is 1. The van der Waals surface area contributed by atoms with Gasteiger partial charge in [0.25, 0.3) is 0 Å². The molecule has 0 heterocycles. The normalized spacial score (nSPS) is 11.8. The van der Waals surface area contributed by atoms with Crippen molar-refractivity contribution in [1.82, 2.24) is 5.32 Å². The quantitative estimate of drug-likeness (QED) is 0.456. The van der Waals surface area contributed by atoms with Crippen LogP contribution in [0.1, 0.15) is 19.8 Å². The summed E-state index contributed by atoms with van der Waals surface area (Å²) in [6.45, 7) is 1.89. The molecule has 4 heteroatoms. The zero-order valence-electron chi connectivity index (χ0n) is 6.79. The van der Waals surface area contributed by atoms with Crippen molar-refractivity contribution in [3.63, 3.8) is 0 Å². The van der Waals surface area contributed by atoms with E-state index in [1.807, 2.05) is 6.92 Å². The Morgan fingerprint density at radius 2 is 2.36 bits per heavy atom. The first-order valence-electron chi connectivity index (χ1n) is 3.51. The lowest BCUT2D eigenvalue weighted by Gasteiger charge is -2.10. The molecule has 0 saturated carbocycles. The summed E-state index contributed by atoms with van der Waals surface area (Å²) in [5.41, 5.74) is 0. The van der Waals surface area contributed by atoms with Crippen LogP contribution in [0, 0.1) is 0 Å². The molecule has 64 valence electrons. The predicted molar refractivity (Wildman–Crippen MR) is 39.9 cm³/mol. The average Bonchev–Trinajstić information content (AvgIpc) is 2.03. The summed E-state index contributed by atoms with van der Waals surface area (Å²) in [6, 6.07) is -0.0973. The smallest absolute Gasteiger partial charge is 0.307 e. The van der Waals surface area contributed by atoms with Gasteiger partial charge >= 0.3 is 5.97 Å². The summed E-state index contributed by atoms with van der Waals surface area (Å²) < 4.78 is 4.43. The fraction of sp³-hybridized carbons (Fsp3) is 0.714. The molecular formula is C7H13NO3. The highest BCUT2D eigenvalue weighted by Gasteiger charge is 2.09. The van der Waals surface area contributed by atoms with E-state index < -0.39 is 0 Å². The van der Waals surface area contributed by atoms with Gasteiger partial charge in [-0.05, 0) is 6.42 Å². The first-order valence-corrected chi connectivity index (χ1v) is 3.51. The molecule has 1 amide bonds. The van der Waals surface area contributed by atoms with E-state index in [9.17, 15) is 9.59 Å². The molecule has 0 radical (unpaired) electrons. The lowest BCUT2D eigenvalue weighted by molar-refractivity contribution is -0.141. The molecular weight excluding hydrogens is 146 g/mol. The third-order valence-corrected chi connectivity index (χ3v) is 1.44. The molecule has 0 spiro atoms. The number of hydrogen-bond donors (Lipinski definition) is 1. The Balaban J connectivity index is 3.67. The molecule has 0 aromatic carbocycles. The number of hydrogen-bond acceptors (Lipinski definition) is 3. The molecule has 0 saturated heterocycles.